The summed E-state index contributed by atoms with van der Waals surface area (Å²) in [5.74, 6) is 0.644. The maximum Gasteiger partial charge on any atom is 0.254 e. The summed E-state index contributed by atoms with van der Waals surface area (Å²) in [4.78, 5) is 15.0. The van der Waals surface area contributed by atoms with Crippen molar-refractivity contribution in [2.24, 2.45) is 0 Å². The van der Waals surface area contributed by atoms with Crippen molar-refractivity contribution in [3.05, 3.63) is 64.7 Å². The van der Waals surface area contributed by atoms with E-state index in [9.17, 15) is 4.79 Å². The number of carbonyl (C=O) groups excluding carboxylic acids is 1. The van der Waals surface area contributed by atoms with Crippen LogP contribution in [-0.4, -0.2) is 50.8 Å². The van der Waals surface area contributed by atoms with E-state index in [2.05, 4.69) is 5.32 Å². The summed E-state index contributed by atoms with van der Waals surface area (Å²) < 4.78 is 10.6. The molecule has 5 nitrogen and oxygen atoms in total. The van der Waals surface area contributed by atoms with Gasteiger partial charge in [-0.25, -0.2) is 0 Å². The zero-order chi connectivity index (χ0) is 18.4. The van der Waals surface area contributed by atoms with Crippen molar-refractivity contribution in [2.75, 3.05) is 40.0 Å². The van der Waals surface area contributed by atoms with Crippen LogP contribution in [0.3, 0.4) is 0 Å². The molecule has 0 aromatic heterocycles. The quantitative estimate of drug-likeness (QED) is 0.739. The molecule has 7 heteroatoms. The molecule has 1 atom stereocenters. The highest BCUT2D eigenvalue weighted by molar-refractivity contribution is 6.31. The molecule has 0 aliphatic carbocycles. The molecule has 1 heterocycles. The Balaban J connectivity index is 0.00000261. The van der Waals surface area contributed by atoms with Crippen molar-refractivity contribution < 1.29 is 14.3 Å². The molecule has 1 amide bonds. The molecule has 0 saturated carbocycles. The van der Waals surface area contributed by atoms with Crippen LogP contribution in [0.1, 0.15) is 22.0 Å². The number of nitrogens with one attached hydrogen (secondary N) is 1. The second-order valence-corrected chi connectivity index (χ2v) is 6.52. The second-order valence-electron chi connectivity index (χ2n) is 6.11. The summed E-state index contributed by atoms with van der Waals surface area (Å²) in [5.41, 5.74) is 1.57. The highest BCUT2D eigenvalue weighted by atomic mass is 35.5. The van der Waals surface area contributed by atoms with Gasteiger partial charge in [-0.15, -0.1) is 12.4 Å². The van der Waals surface area contributed by atoms with E-state index in [0.717, 1.165) is 12.1 Å². The molecule has 1 fully saturated rings. The zero-order valence-corrected chi connectivity index (χ0v) is 16.8. The Hall–Kier alpha value is -1.79. The maximum atomic E-state index is 13.2. The van der Waals surface area contributed by atoms with Gasteiger partial charge in [-0.05, 0) is 29.8 Å². The largest absolute Gasteiger partial charge is 0.491 e. The number of rotatable bonds is 6. The molecule has 1 N–H and O–H groups in total. The first-order valence-electron chi connectivity index (χ1n) is 8.68. The Labute approximate surface area is 171 Å². The van der Waals surface area contributed by atoms with Crippen LogP contribution in [0.5, 0.6) is 5.75 Å². The Kier molecular flexibility index (Phi) is 8.38. The average molecular weight is 411 g/mol. The predicted molar refractivity (Wildman–Crippen MR) is 109 cm³/mol. The first-order chi connectivity index (χ1) is 12.7. The third-order valence-corrected chi connectivity index (χ3v) is 4.75. The summed E-state index contributed by atoms with van der Waals surface area (Å²) in [6.45, 7) is 3.02. The fourth-order valence-corrected chi connectivity index (χ4v) is 3.36. The van der Waals surface area contributed by atoms with Gasteiger partial charge >= 0.3 is 0 Å². The van der Waals surface area contributed by atoms with Gasteiger partial charge < -0.3 is 19.7 Å². The van der Waals surface area contributed by atoms with Crippen molar-refractivity contribution in [1.82, 2.24) is 10.2 Å². The van der Waals surface area contributed by atoms with Crippen molar-refractivity contribution in [2.45, 2.75) is 6.04 Å². The van der Waals surface area contributed by atoms with Crippen LogP contribution in [0, 0.1) is 0 Å². The minimum Gasteiger partial charge on any atom is -0.491 e. The lowest BCUT2D eigenvalue weighted by molar-refractivity contribution is 0.0634. The van der Waals surface area contributed by atoms with Crippen LogP contribution in [-0.2, 0) is 4.74 Å². The van der Waals surface area contributed by atoms with Crippen LogP contribution in [0.4, 0.5) is 0 Å². The lowest BCUT2D eigenvalue weighted by atomic mass is 10.0. The van der Waals surface area contributed by atoms with Crippen molar-refractivity contribution in [3.8, 4) is 5.75 Å². The molecular weight excluding hydrogens is 387 g/mol. The van der Waals surface area contributed by atoms with Crippen LogP contribution in [0.15, 0.2) is 48.5 Å². The van der Waals surface area contributed by atoms with Crippen LogP contribution in [0.2, 0.25) is 5.02 Å². The number of piperazine rings is 1. The normalized spacial score (nSPS) is 16.5. The maximum absolute atomic E-state index is 13.2. The molecule has 146 valence electrons. The molecule has 1 aliphatic heterocycles. The molecule has 0 spiro atoms. The number of halogens is 2. The zero-order valence-electron chi connectivity index (χ0n) is 15.2. The third kappa shape index (κ3) is 5.36. The first-order valence-corrected chi connectivity index (χ1v) is 9.06. The SMILES string of the molecule is COCCOc1cccc(C(=O)N2CCNCC2c2ccccc2Cl)c1.Cl. The smallest absolute Gasteiger partial charge is 0.254 e. The van der Waals surface area contributed by atoms with Gasteiger partial charge in [0.25, 0.3) is 5.91 Å². The van der Waals surface area contributed by atoms with Crippen LogP contribution >= 0.6 is 24.0 Å². The van der Waals surface area contributed by atoms with Crippen LogP contribution < -0.4 is 10.1 Å². The second kappa shape index (κ2) is 10.5. The summed E-state index contributed by atoms with van der Waals surface area (Å²) in [6.07, 6.45) is 0. The van der Waals surface area contributed by atoms with E-state index in [1.54, 1.807) is 13.2 Å². The van der Waals surface area contributed by atoms with Crippen molar-refractivity contribution in [3.63, 3.8) is 0 Å². The van der Waals surface area contributed by atoms with Gasteiger partial charge in [-0.1, -0.05) is 35.9 Å². The van der Waals surface area contributed by atoms with Gasteiger partial charge in [0.15, 0.2) is 0 Å². The van der Waals surface area contributed by atoms with Gasteiger partial charge in [-0.3, -0.25) is 4.79 Å². The molecule has 0 radical (unpaired) electrons. The number of hydrogen-bond acceptors (Lipinski definition) is 4. The Bertz CT molecular complexity index is 758. The van der Waals surface area contributed by atoms with E-state index in [4.69, 9.17) is 21.1 Å². The number of carbonyl (C=O) groups is 1. The van der Waals surface area contributed by atoms with Gasteiger partial charge in [0.05, 0.1) is 12.6 Å². The van der Waals surface area contributed by atoms with Crippen LogP contribution in [0.25, 0.3) is 0 Å². The topological polar surface area (TPSA) is 50.8 Å². The monoisotopic (exact) mass is 410 g/mol. The van der Waals surface area contributed by atoms with E-state index in [-0.39, 0.29) is 24.4 Å². The molecule has 1 saturated heterocycles. The summed E-state index contributed by atoms with van der Waals surface area (Å²) >= 11 is 6.37. The Morgan fingerprint density at radius 3 is 2.81 bits per heavy atom. The number of benzene rings is 2. The summed E-state index contributed by atoms with van der Waals surface area (Å²) in [5, 5.41) is 4.03. The highest BCUT2D eigenvalue weighted by Crippen LogP contribution is 2.30. The molecule has 27 heavy (non-hydrogen) atoms. The first kappa shape index (κ1) is 21.5. The minimum atomic E-state index is -0.0944. The molecule has 2 aromatic rings. The number of methoxy groups -OCH3 is 1. The van der Waals surface area contributed by atoms with Gasteiger partial charge in [0, 0.05) is 37.3 Å². The fraction of sp³-hybridized carbons (Fsp3) is 0.350. The predicted octanol–water partition coefficient (Wildman–Crippen LogP) is 3.57. The van der Waals surface area contributed by atoms with Gasteiger partial charge in [-0.2, -0.15) is 0 Å². The standard InChI is InChI=1S/C20H23ClN2O3.ClH/c1-25-11-12-26-16-6-4-5-15(13-16)20(24)23-10-9-22-14-19(23)17-7-2-3-8-18(17)21;/h2-8,13,19,22H,9-12,14H2,1H3;1H. The van der Waals surface area contributed by atoms with Gasteiger partial charge in [0.1, 0.15) is 12.4 Å². The lowest BCUT2D eigenvalue weighted by Gasteiger charge is -2.37. The molecule has 2 aromatic carbocycles. The number of nitrogens with zero attached hydrogens (tertiary/aromatic N) is 1. The average Bonchev–Trinajstić information content (AvgIpc) is 2.68. The molecule has 1 unspecified atom stereocenters. The minimum absolute atomic E-state index is 0. The third-order valence-electron chi connectivity index (χ3n) is 4.41. The molecule has 0 bridgehead atoms. The van der Waals surface area contributed by atoms with E-state index in [1.165, 1.54) is 0 Å². The summed E-state index contributed by atoms with van der Waals surface area (Å²) in [7, 11) is 1.63. The molecular formula is C20H24Cl2N2O3. The van der Waals surface area contributed by atoms with E-state index >= 15 is 0 Å². The number of hydrogen-bond donors (Lipinski definition) is 1. The Morgan fingerprint density at radius 1 is 1.22 bits per heavy atom. The van der Waals surface area contributed by atoms with E-state index < -0.39 is 0 Å². The summed E-state index contributed by atoms with van der Waals surface area (Å²) in [6, 6.07) is 14.9. The van der Waals surface area contributed by atoms with Gasteiger partial charge in [0.2, 0.25) is 0 Å². The Morgan fingerprint density at radius 2 is 2.04 bits per heavy atom. The van der Waals surface area contributed by atoms with E-state index in [1.807, 2.05) is 47.4 Å². The lowest BCUT2D eigenvalue weighted by Crippen LogP contribution is -2.48. The van der Waals surface area contributed by atoms with Crippen molar-refractivity contribution >= 4 is 29.9 Å². The van der Waals surface area contributed by atoms with E-state index in [0.29, 0.717) is 42.6 Å². The van der Waals surface area contributed by atoms with Crippen molar-refractivity contribution in [1.29, 1.82) is 0 Å². The number of ether oxygens (including phenoxy) is 2. The highest BCUT2D eigenvalue weighted by Gasteiger charge is 2.29. The number of amides is 1. The molecule has 3 rings (SSSR count). The fourth-order valence-electron chi connectivity index (χ4n) is 3.10. The molecule has 1 aliphatic rings.